The van der Waals surface area contributed by atoms with Crippen molar-refractivity contribution >= 4 is 16.6 Å². The Hall–Kier alpha value is -2.66. The molecular weight excluding hydrogens is 314 g/mol. The van der Waals surface area contributed by atoms with Gasteiger partial charge in [-0.25, -0.2) is 0 Å². The maximum absolute atomic E-state index is 6.05. The molecule has 1 unspecified atom stereocenters. The lowest BCUT2D eigenvalue weighted by Crippen LogP contribution is -2.23. The van der Waals surface area contributed by atoms with E-state index in [2.05, 4.69) is 27.0 Å². The molecule has 3 aromatic rings. The highest BCUT2D eigenvalue weighted by Gasteiger charge is 2.24. The largest absolute Gasteiger partial charge is 0.497 e. The topological polar surface area (TPSA) is 47.5 Å². The summed E-state index contributed by atoms with van der Waals surface area (Å²) in [5, 5.41) is 1.15. The minimum absolute atomic E-state index is 0.225. The minimum Gasteiger partial charge on any atom is -0.497 e. The van der Waals surface area contributed by atoms with E-state index in [9.17, 15) is 0 Å². The maximum atomic E-state index is 6.05. The molecule has 1 aliphatic rings. The molecule has 0 spiro atoms. The number of benzene rings is 1. The Bertz CT molecular complexity index is 854. The SMILES string of the molecule is COc1ccc2c(N3CCC(OCc4ccccn4)C3)ccnc2c1. The van der Waals surface area contributed by atoms with Gasteiger partial charge >= 0.3 is 0 Å². The van der Waals surface area contributed by atoms with Gasteiger partial charge in [0.05, 0.1) is 31.0 Å². The molecule has 1 saturated heterocycles. The molecule has 0 amide bonds. The molecule has 5 heteroatoms. The molecule has 2 aromatic heterocycles. The fourth-order valence-electron chi connectivity index (χ4n) is 3.29. The van der Waals surface area contributed by atoms with E-state index in [1.165, 1.54) is 5.69 Å². The van der Waals surface area contributed by atoms with Gasteiger partial charge in [-0.05, 0) is 36.8 Å². The summed E-state index contributed by atoms with van der Waals surface area (Å²) >= 11 is 0. The third kappa shape index (κ3) is 3.42. The number of ether oxygens (including phenoxy) is 2. The predicted octanol–water partition coefficient (Wildman–Crippen LogP) is 3.43. The Morgan fingerprint density at radius 1 is 1.12 bits per heavy atom. The van der Waals surface area contributed by atoms with Crippen LogP contribution < -0.4 is 9.64 Å². The van der Waals surface area contributed by atoms with E-state index in [-0.39, 0.29) is 6.10 Å². The molecule has 0 saturated carbocycles. The highest BCUT2D eigenvalue weighted by molar-refractivity contribution is 5.92. The molecule has 0 N–H and O–H groups in total. The van der Waals surface area contributed by atoms with Crippen molar-refractivity contribution < 1.29 is 9.47 Å². The van der Waals surface area contributed by atoms with Crippen LogP contribution in [-0.4, -0.2) is 36.3 Å². The van der Waals surface area contributed by atoms with Crippen LogP contribution in [0.4, 0.5) is 5.69 Å². The smallest absolute Gasteiger partial charge is 0.121 e. The number of nitrogens with zero attached hydrogens (tertiary/aromatic N) is 3. The molecule has 128 valence electrons. The van der Waals surface area contributed by atoms with Crippen LogP contribution in [-0.2, 0) is 11.3 Å². The van der Waals surface area contributed by atoms with Crippen LogP contribution in [0.5, 0.6) is 5.75 Å². The van der Waals surface area contributed by atoms with Crippen LogP contribution in [0.25, 0.3) is 10.9 Å². The van der Waals surface area contributed by atoms with Crippen molar-refractivity contribution in [1.82, 2.24) is 9.97 Å². The average Bonchev–Trinajstić information content (AvgIpc) is 3.15. The first-order valence-corrected chi connectivity index (χ1v) is 8.53. The van der Waals surface area contributed by atoms with Gasteiger partial charge in [-0.15, -0.1) is 0 Å². The standard InChI is InChI=1S/C20H21N3O2/c1-24-16-5-6-18-19(12-16)22-10-7-20(18)23-11-8-17(13-23)25-14-15-4-2-3-9-21-15/h2-7,9-10,12,17H,8,11,13-14H2,1H3. The Morgan fingerprint density at radius 2 is 2.08 bits per heavy atom. The second-order valence-electron chi connectivity index (χ2n) is 6.20. The quantitative estimate of drug-likeness (QED) is 0.715. The van der Waals surface area contributed by atoms with E-state index < -0.39 is 0 Å². The normalized spacial score (nSPS) is 17.2. The number of methoxy groups -OCH3 is 1. The first-order valence-electron chi connectivity index (χ1n) is 8.53. The van der Waals surface area contributed by atoms with Gasteiger partial charge in [-0.1, -0.05) is 6.07 Å². The third-order valence-electron chi connectivity index (χ3n) is 4.61. The number of rotatable bonds is 5. The zero-order valence-electron chi connectivity index (χ0n) is 14.3. The van der Waals surface area contributed by atoms with Gasteiger partial charge < -0.3 is 14.4 Å². The van der Waals surface area contributed by atoms with Gasteiger partial charge in [0.2, 0.25) is 0 Å². The summed E-state index contributed by atoms with van der Waals surface area (Å²) in [7, 11) is 1.68. The second kappa shape index (κ2) is 7.07. The molecule has 3 heterocycles. The van der Waals surface area contributed by atoms with Crippen molar-refractivity contribution in [1.29, 1.82) is 0 Å². The number of aromatic nitrogens is 2. The highest BCUT2D eigenvalue weighted by atomic mass is 16.5. The minimum atomic E-state index is 0.225. The van der Waals surface area contributed by atoms with E-state index in [4.69, 9.17) is 9.47 Å². The van der Waals surface area contributed by atoms with Crippen LogP contribution in [0, 0.1) is 0 Å². The van der Waals surface area contributed by atoms with Crippen LogP contribution in [0.15, 0.2) is 54.9 Å². The summed E-state index contributed by atoms with van der Waals surface area (Å²) < 4.78 is 11.3. The lowest BCUT2D eigenvalue weighted by Gasteiger charge is -2.20. The van der Waals surface area contributed by atoms with Gasteiger partial charge in [-0.2, -0.15) is 0 Å². The van der Waals surface area contributed by atoms with Crippen molar-refractivity contribution in [2.75, 3.05) is 25.1 Å². The summed E-state index contributed by atoms with van der Waals surface area (Å²) in [6.07, 6.45) is 4.91. The van der Waals surface area contributed by atoms with Gasteiger partial charge in [0, 0.05) is 42.6 Å². The molecule has 5 nitrogen and oxygen atoms in total. The van der Waals surface area contributed by atoms with Crippen molar-refractivity contribution in [2.45, 2.75) is 19.1 Å². The lowest BCUT2D eigenvalue weighted by atomic mass is 10.1. The number of anilines is 1. The van der Waals surface area contributed by atoms with Gasteiger partial charge in [0.25, 0.3) is 0 Å². The number of pyridine rings is 2. The summed E-state index contributed by atoms with van der Waals surface area (Å²) in [6.45, 7) is 2.43. The van der Waals surface area contributed by atoms with Crippen molar-refractivity contribution in [2.24, 2.45) is 0 Å². The summed E-state index contributed by atoms with van der Waals surface area (Å²) in [5.74, 6) is 0.829. The third-order valence-corrected chi connectivity index (χ3v) is 4.61. The molecule has 0 bridgehead atoms. The summed E-state index contributed by atoms with van der Waals surface area (Å²) in [6, 6.07) is 14.0. The van der Waals surface area contributed by atoms with Crippen LogP contribution >= 0.6 is 0 Å². The van der Waals surface area contributed by atoms with E-state index >= 15 is 0 Å². The molecular formula is C20H21N3O2. The fraction of sp³-hybridized carbons (Fsp3) is 0.300. The maximum Gasteiger partial charge on any atom is 0.121 e. The summed E-state index contributed by atoms with van der Waals surface area (Å²) in [4.78, 5) is 11.2. The number of hydrogen-bond donors (Lipinski definition) is 0. The molecule has 1 aliphatic heterocycles. The van der Waals surface area contributed by atoms with Crippen LogP contribution in [0.3, 0.4) is 0 Å². The number of fused-ring (bicyclic) bond motifs is 1. The molecule has 1 atom stereocenters. The Kier molecular flexibility index (Phi) is 4.48. The van der Waals surface area contributed by atoms with Gasteiger partial charge in [0.1, 0.15) is 5.75 Å². The first-order chi connectivity index (χ1) is 12.3. The Morgan fingerprint density at radius 3 is 2.92 bits per heavy atom. The molecule has 4 rings (SSSR count). The fourth-order valence-corrected chi connectivity index (χ4v) is 3.29. The molecule has 1 fully saturated rings. The second-order valence-corrected chi connectivity index (χ2v) is 6.20. The van der Waals surface area contributed by atoms with Crippen LogP contribution in [0.2, 0.25) is 0 Å². The van der Waals surface area contributed by atoms with Crippen molar-refractivity contribution in [3.05, 3.63) is 60.6 Å². The average molecular weight is 335 g/mol. The zero-order chi connectivity index (χ0) is 17.1. The van der Waals surface area contributed by atoms with Crippen molar-refractivity contribution in [3.8, 4) is 5.75 Å². The predicted molar refractivity (Wildman–Crippen MR) is 97.9 cm³/mol. The highest BCUT2D eigenvalue weighted by Crippen LogP contribution is 2.31. The van der Waals surface area contributed by atoms with Crippen molar-refractivity contribution in [3.63, 3.8) is 0 Å². The van der Waals surface area contributed by atoms with Gasteiger partial charge in [-0.3, -0.25) is 9.97 Å². The molecule has 25 heavy (non-hydrogen) atoms. The Balaban J connectivity index is 1.47. The lowest BCUT2D eigenvalue weighted by molar-refractivity contribution is 0.0533. The monoisotopic (exact) mass is 335 g/mol. The summed E-state index contributed by atoms with van der Waals surface area (Å²) in [5.41, 5.74) is 3.13. The molecule has 0 radical (unpaired) electrons. The van der Waals surface area contributed by atoms with E-state index in [0.717, 1.165) is 41.9 Å². The van der Waals surface area contributed by atoms with E-state index in [1.807, 2.05) is 36.5 Å². The zero-order valence-corrected chi connectivity index (χ0v) is 14.3. The Labute approximate surface area is 147 Å². The first kappa shape index (κ1) is 15.8. The van der Waals surface area contributed by atoms with Gasteiger partial charge in [0.15, 0.2) is 0 Å². The van der Waals surface area contributed by atoms with E-state index in [1.54, 1.807) is 13.3 Å². The molecule has 1 aromatic carbocycles. The van der Waals surface area contributed by atoms with E-state index in [0.29, 0.717) is 6.61 Å². The number of hydrogen-bond acceptors (Lipinski definition) is 5. The molecule has 0 aliphatic carbocycles. The van der Waals surface area contributed by atoms with Crippen LogP contribution in [0.1, 0.15) is 12.1 Å².